The zero-order chi connectivity index (χ0) is 23.5. The fourth-order valence-electron chi connectivity index (χ4n) is 3.61. The Labute approximate surface area is 195 Å². The Kier molecular flexibility index (Phi) is 5.73. The molecule has 9 nitrogen and oxygen atoms in total. The number of aromatic nitrogens is 5. The van der Waals surface area contributed by atoms with Gasteiger partial charge in [-0.25, -0.2) is 14.6 Å². The molecule has 2 aromatic carbocycles. The number of nitrogens with zero attached hydrogens (tertiary/aromatic N) is 5. The van der Waals surface area contributed by atoms with Crippen LogP contribution in [0, 0.1) is 13.8 Å². The van der Waals surface area contributed by atoms with Gasteiger partial charge in [0.25, 0.3) is 11.6 Å². The highest BCUT2D eigenvalue weighted by atomic mass is 16.5. The maximum Gasteiger partial charge on any atom is 0.259 e. The van der Waals surface area contributed by atoms with Crippen LogP contribution in [0.5, 0.6) is 5.75 Å². The van der Waals surface area contributed by atoms with Gasteiger partial charge in [-0.05, 0) is 32.0 Å². The van der Waals surface area contributed by atoms with Crippen molar-refractivity contribution < 1.29 is 14.1 Å². The number of hydrogen-bond donors (Lipinski definition) is 1. The predicted molar refractivity (Wildman–Crippen MR) is 127 cm³/mol. The Hall–Kier alpha value is -4.53. The smallest absolute Gasteiger partial charge is 0.259 e. The maximum absolute atomic E-state index is 13.3. The van der Waals surface area contributed by atoms with Crippen LogP contribution < -0.4 is 10.1 Å². The third-order valence-corrected chi connectivity index (χ3v) is 5.36. The lowest BCUT2D eigenvalue weighted by Crippen LogP contribution is -2.13. The molecular weight excluding hydrogens is 432 g/mol. The molecule has 5 rings (SSSR count). The van der Waals surface area contributed by atoms with Crippen molar-refractivity contribution in [1.29, 1.82) is 0 Å². The zero-order valence-electron chi connectivity index (χ0n) is 18.7. The summed E-state index contributed by atoms with van der Waals surface area (Å²) in [6.45, 7) is 4.80. The van der Waals surface area contributed by atoms with Crippen molar-refractivity contribution in [3.8, 4) is 17.0 Å². The van der Waals surface area contributed by atoms with Crippen molar-refractivity contribution in [2.45, 2.75) is 20.4 Å². The van der Waals surface area contributed by atoms with Gasteiger partial charge in [0.05, 0.1) is 28.9 Å². The first-order valence-corrected chi connectivity index (χ1v) is 10.8. The average molecular weight is 454 g/mol. The summed E-state index contributed by atoms with van der Waals surface area (Å²) >= 11 is 0. The molecule has 0 radical (unpaired) electrons. The highest BCUT2D eigenvalue weighted by Gasteiger charge is 2.19. The van der Waals surface area contributed by atoms with E-state index < -0.39 is 0 Å². The number of benzene rings is 2. The second kappa shape index (κ2) is 9.14. The molecule has 3 aromatic heterocycles. The zero-order valence-corrected chi connectivity index (χ0v) is 18.7. The van der Waals surface area contributed by atoms with Gasteiger partial charge in [0, 0.05) is 17.3 Å². The summed E-state index contributed by atoms with van der Waals surface area (Å²) < 4.78 is 12.9. The van der Waals surface area contributed by atoms with Crippen LogP contribution in [0.15, 0.2) is 71.8 Å². The fraction of sp³-hybridized carbons (Fsp3) is 0.160. The van der Waals surface area contributed by atoms with E-state index in [-0.39, 0.29) is 5.91 Å². The van der Waals surface area contributed by atoms with Crippen LogP contribution in [0.1, 0.15) is 21.6 Å². The van der Waals surface area contributed by atoms with Gasteiger partial charge in [0.2, 0.25) is 0 Å². The molecule has 0 aliphatic carbocycles. The monoisotopic (exact) mass is 454 g/mol. The van der Waals surface area contributed by atoms with E-state index in [1.54, 1.807) is 30.1 Å². The standard InChI is InChI=1S/C25H22N6O3/c1-16-6-8-18(9-7-16)22-13-21(23-17(2)30-34-25(23)29-22)24(32)28-19-4-3-5-20(12-19)33-11-10-31-15-26-14-27-31/h3-9,12-15H,10-11H2,1-2H3,(H,28,32). The van der Waals surface area contributed by atoms with Crippen molar-refractivity contribution in [3.05, 3.63) is 84.1 Å². The first-order valence-electron chi connectivity index (χ1n) is 10.8. The second-order valence-electron chi connectivity index (χ2n) is 7.86. The lowest BCUT2D eigenvalue weighted by Gasteiger charge is -2.11. The summed E-state index contributed by atoms with van der Waals surface area (Å²) in [5.74, 6) is 0.353. The van der Waals surface area contributed by atoms with Crippen molar-refractivity contribution in [3.63, 3.8) is 0 Å². The molecule has 0 atom stereocenters. The van der Waals surface area contributed by atoms with Crippen LogP contribution in [0.4, 0.5) is 5.69 Å². The predicted octanol–water partition coefficient (Wildman–Crippen LogP) is 4.43. The number of aryl methyl sites for hydroxylation is 2. The second-order valence-corrected chi connectivity index (χ2v) is 7.86. The van der Waals surface area contributed by atoms with Crippen LogP contribution in [-0.4, -0.2) is 37.4 Å². The van der Waals surface area contributed by atoms with E-state index in [4.69, 9.17) is 9.26 Å². The number of amides is 1. The molecule has 0 saturated carbocycles. The average Bonchev–Trinajstić information content (AvgIpc) is 3.49. The van der Waals surface area contributed by atoms with Gasteiger partial charge >= 0.3 is 0 Å². The first-order chi connectivity index (χ1) is 16.6. The summed E-state index contributed by atoms with van der Waals surface area (Å²) in [5, 5.41) is 11.6. The van der Waals surface area contributed by atoms with Crippen molar-refractivity contribution in [1.82, 2.24) is 24.9 Å². The van der Waals surface area contributed by atoms with Gasteiger partial charge in [-0.2, -0.15) is 5.10 Å². The largest absolute Gasteiger partial charge is 0.492 e. The Morgan fingerprint density at radius 3 is 2.76 bits per heavy atom. The Morgan fingerprint density at radius 1 is 1.12 bits per heavy atom. The highest BCUT2D eigenvalue weighted by molar-refractivity contribution is 6.13. The van der Waals surface area contributed by atoms with Gasteiger partial charge < -0.3 is 14.6 Å². The number of ether oxygens (including phenoxy) is 1. The lowest BCUT2D eigenvalue weighted by molar-refractivity contribution is 0.102. The quantitative estimate of drug-likeness (QED) is 0.388. The normalized spacial score (nSPS) is 11.0. The summed E-state index contributed by atoms with van der Waals surface area (Å²) in [4.78, 5) is 21.8. The van der Waals surface area contributed by atoms with E-state index in [1.165, 1.54) is 6.33 Å². The fourth-order valence-corrected chi connectivity index (χ4v) is 3.61. The van der Waals surface area contributed by atoms with E-state index in [0.29, 0.717) is 52.6 Å². The SMILES string of the molecule is Cc1ccc(-c2cc(C(=O)Nc3cccc(OCCn4cncn4)c3)c3c(C)noc3n2)cc1. The first kappa shape index (κ1) is 21.3. The molecule has 5 aromatic rings. The number of pyridine rings is 1. The van der Waals surface area contributed by atoms with Gasteiger partial charge in [-0.1, -0.05) is 41.1 Å². The number of fused-ring (bicyclic) bond motifs is 1. The minimum absolute atomic E-state index is 0.285. The lowest BCUT2D eigenvalue weighted by atomic mass is 10.0. The number of nitrogens with one attached hydrogen (secondary N) is 1. The number of hydrogen-bond acceptors (Lipinski definition) is 7. The van der Waals surface area contributed by atoms with Crippen LogP contribution in [-0.2, 0) is 6.54 Å². The molecule has 0 unspecified atom stereocenters. The molecular formula is C25H22N6O3. The van der Waals surface area contributed by atoms with Gasteiger partial charge in [0.1, 0.15) is 25.0 Å². The van der Waals surface area contributed by atoms with Crippen LogP contribution in [0.2, 0.25) is 0 Å². The minimum atomic E-state index is -0.285. The number of rotatable bonds is 7. The van der Waals surface area contributed by atoms with Gasteiger partial charge in [-0.15, -0.1) is 0 Å². The van der Waals surface area contributed by atoms with Crippen LogP contribution in [0.25, 0.3) is 22.4 Å². The molecule has 0 aliphatic rings. The molecule has 0 saturated heterocycles. The third-order valence-electron chi connectivity index (χ3n) is 5.36. The summed E-state index contributed by atoms with van der Waals surface area (Å²) in [7, 11) is 0. The molecule has 9 heteroatoms. The van der Waals surface area contributed by atoms with E-state index >= 15 is 0 Å². The Morgan fingerprint density at radius 2 is 1.97 bits per heavy atom. The van der Waals surface area contributed by atoms with Gasteiger partial charge in [0.15, 0.2) is 0 Å². The Balaban J connectivity index is 1.39. The molecule has 0 fully saturated rings. The van der Waals surface area contributed by atoms with E-state index in [2.05, 4.69) is 25.5 Å². The molecule has 0 aliphatic heterocycles. The molecule has 1 amide bonds. The van der Waals surface area contributed by atoms with Crippen molar-refractivity contribution in [2.24, 2.45) is 0 Å². The summed E-state index contributed by atoms with van der Waals surface area (Å²) in [5.41, 5.74) is 4.65. The van der Waals surface area contributed by atoms with Crippen molar-refractivity contribution >= 4 is 22.7 Å². The van der Waals surface area contributed by atoms with E-state index in [1.807, 2.05) is 49.4 Å². The molecule has 1 N–H and O–H groups in total. The molecule has 34 heavy (non-hydrogen) atoms. The van der Waals surface area contributed by atoms with Crippen molar-refractivity contribution in [2.75, 3.05) is 11.9 Å². The van der Waals surface area contributed by atoms with Crippen LogP contribution >= 0.6 is 0 Å². The number of carbonyl (C=O) groups is 1. The van der Waals surface area contributed by atoms with E-state index in [9.17, 15) is 4.79 Å². The molecule has 170 valence electrons. The van der Waals surface area contributed by atoms with E-state index in [0.717, 1.165) is 11.1 Å². The minimum Gasteiger partial charge on any atom is -0.492 e. The highest BCUT2D eigenvalue weighted by Crippen LogP contribution is 2.28. The maximum atomic E-state index is 13.3. The van der Waals surface area contributed by atoms with Crippen LogP contribution in [0.3, 0.4) is 0 Å². The summed E-state index contributed by atoms with van der Waals surface area (Å²) in [6.07, 6.45) is 3.11. The third kappa shape index (κ3) is 4.49. The topological polar surface area (TPSA) is 108 Å². The molecule has 0 spiro atoms. The number of anilines is 1. The Bertz CT molecular complexity index is 1440. The van der Waals surface area contributed by atoms with Gasteiger partial charge in [-0.3, -0.25) is 4.79 Å². The molecule has 0 bridgehead atoms. The molecule has 3 heterocycles. The number of carbonyl (C=O) groups excluding carboxylic acids is 1. The summed E-state index contributed by atoms with van der Waals surface area (Å²) in [6, 6.07) is 16.9.